The fraction of sp³-hybridized carbons (Fsp3) is 0.316. The molecule has 1 aromatic heterocycles. The summed E-state index contributed by atoms with van der Waals surface area (Å²) in [6, 6.07) is 7.08. The average Bonchev–Trinajstić information content (AvgIpc) is 3.35. The van der Waals surface area contributed by atoms with Crippen molar-refractivity contribution in [2.75, 3.05) is 0 Å². The first kappa shape index (κ1) is 20.1. The normalized spacial score (nSPS) is 16.7. The van der Waals surface area contributed by atoms with Gasteiger partial charge in [-0.05, 0) is 12.0 Å². The highest BCUT2D eigenvalue weighted by atomic mass is 16.5. The molecule has 1 saturated heterocycles. The number of hydrogen-bond acceptors (Lipinski definition) is 6. The molecule has 10 nitrogen and oxygen atoms in total. The van der Waals surface area contributed by atoms with Gasteiger partial charge >= 0.3 is 12.1 Å². The molecule has 0 radical (unpaired) electrons. The first-order chi connectivity index (χ1) is 13.9. The van der Waals surface area contributed by atoms with Crippen LogP contribution in [-0.4, -0.2) is 50.6 Å². The lowest BCUT2D eigenvalue weighted by atomic mass is 10.1. The summed E-state index contributed by atoms with van der Waals surface area (Å²) in [5, 5.41) is 14.2. The van der Waals surface area contributed by atoms with E-state index in [1.54, 1.807) is 24.3 Å². The van der Waals surface area contributed by atoms with Crippen LogP contribution in [0.4, 0.5) is 4.79 Å². The van der Waals surface area contributed by atoms with Gasteiger partial charge in [-0.2, -0.15) is 0 Å². The number of rotatable bonds is 7. The van der Waals surface area contributed by atoms with Crippen LogP contribution in [0, 0.1) is 0 Å². The number of alkyl carbamates (subject to hydrolysis) is 1. The number of nitrogens with zero attached hydrogens (tertiary/aromatic N) is 2. The number of aliphatic carboxylic acids is 1. The van der Waals surface area contributed by atoms with Crippen molar-refractivity contribution in [3.05, 3.63) is 54.1 Å². The number of hydrogen-bond donors (Lipinski definition) is 3. The molecule has 1 aliphatic rings. The molecule has 10 heteroatoms. The van der Waals surface area contributed by atoms with Gasteiger partial charge in [0.25, 0.3) is 5.91 Å². The van der Waals surface area contributed by atoms with Crippen molar-refractivity contribution < 1.29 is 29.0 Å². The first-order valence-electron chi connectivity index (χ1n) is 8.99. The summed E-state index contributed by atoms with van der Waals surface area (Å²) in [7, 11) is 0. The van der Waals surface area contributed by atoms with Crippen LogP contribution in [0.25, 0.3) is 0 Å². The van der Waals surface area contributed by atoms with Gasteiger partial charge in [0.05, 0.1) is 5.69 Å². The van der Waals surface area contributed by atoms with E-state index in [9.17, 15) is 24.3 Å². The third-order valence-corrected chi connectivity index (χ3v) is 4.40. The van der Waals surface area contributed by atoms with Crippen molar-refractivity contribution in [2.45, 2.75) is 38.0 Å². The van der Waals surface area contributed by atoms with Gasteiger partial charge < -0.3 is 20.5 Å². The number of amides is 2. The second kappa shape index (κ2) is 9.00. The van der Waals surface area contributed by atoms with E-state index in [-0.39, 0.29) is 31.3 Å². The number of benzene rings is 1. The SMILES string of the molecule is O=C1CC[C@@H](C(=O)n2cnc(C[C@H](NC(=O)OCc3ccccc3)C(=O)O)c2)N1. The average molecular weight is 400 g/mol. The molecule has 3 N–H and O–H groups in total. The zero-order chi connectivity index (χ0) is 20.8. The van der Waals surface area contributed by atoms with Crippen LogP contribution in [0.15, 0.2) is 42.9 Å². The van der Waals surface area contributed by atoms with Crippen LogP contribution < -0.4 is 10.6 Å². The van der Waals surface area contributed by atoms with E-state index >= 15 is 0 Å². The summed E-state index contributed by atoms with van der Waals surface area (Å²) in [4.78, 5) is 51.0. The molecule has 0 bridgehead atoms. The van der Waals surface area contributed by atoms with Crippen LogP contribution in [0.1, 0.15) is 28.9 Å². The Balaban J connectivity index is 1.55. The van der Waals surface area contributed by atoms with E-state index in [1.165, 1.54) is 17.1 Å². The fourth-order valence-electron chi connectivity index (χ4n) is 2.89. The Morgan fingerprint density at radius 2 is 2.07 bits per heavy atom. The van der Waals surface area contributed by atoms with E-state index in [1.807, 2.05) is 6.07 Å². The standard InChI is InChI=1S/C19H20N4O6/c24-16-7-6-14(21-16)17(25)23-9-13(20-11-23)8-15(18(26)27)22-19(28)29-10-12-4-2-1-3-5-12/h1-5,9,11,14-15H,6-8,10H2,(H,21,24)(H,22,28)(H,26,27)/t14-,15-/m0/s1. The van der Waals surface area contributed by atoms with Crippen molar-refractivity contribution in [1.82, 2.24) is 20.2 Å². The summed E-state index contributed by atoms with van der Waals surface area (Å²) < 4.78 is 6.24. The Morgan fingerprint density at radius 3 is 2.72 bits per heavy atom. The number of nitrogens with one attached hydrogen (secondary N) is 2. The van der Waals surface area contributed by atoms with Gasteiger partial charge in [-0.15, -0.1) is 0 Å². The van der Waals surface area contributed by atoms with E-state index in [2.05, 4.69) is 15.6 Å². The minimum atomic E-state index is -1.28. The number of ether oxygens (including phenoxy) is 1. The summed E-state index contributed by atoms with van der Waals surface area (Å²) >= 11 is 0. The van der Waals surface area contributed by atoms with Gasteiger partial charge in [0.15, 0.2) is 0 Å². The summed E-state index contributed by atoms with van der Waals surface area (Å²) in [5.41, 5.74) is 1.07. The summed E-state index contributed by atoms with van der Waals surface area (Å²) in [5.74, 6) is -1.80. The highest BCUT2D eigenvalue weighted by molar-refractivity contribution is 5.92. The number of carbonyl (C=O) groups excluding carboxylic acids is 3. The van der Waals surface area contributed by atoms with Gasteiger partial charge in [0.1, 0.15) is 25.0 Å². The second-order valence-corrected chi connectivity index (χ2v) is 6.57. The van der Waals surface area contributed by atoms with Crippen LogP contribution in [0.3, 0.4) is 0 Å². The Bertz CT molecular complexity index is 910. The molecule has 0 spiro atoms. The van der Waals surface area contributed by atoms with Crippen LogP contribution >= 0.6 is 0 Å². The van der Waals surface area contributed by atoms with E-state index in [0.29, 0.717) is 12.1 Å². The minimum absolute atomic E-state index is 0.00918. The Morgan fingerprint density at radius 1 is 1.31 bits per heavy atom. The topological polar surface area (TPSA) is 140 Å². The molecule has 152 valence electrons. The Hall–Kier alpha value is -3.69. The molecule has 1 fully saturated rings. The van der Waals surface area contributed by atoms with Gasteiger partial charge in [-0.25, -0.2) is 14.6 Å². The molecule has 3 rings (SSSR count). The largest absolute Gasteiger partial charge is 0.480 e. The van der Waals surface area contributed by atoms with Gasteiger partial charge in [0.2, 0.25) is 5.91 Å². The van der Waals surface area contributed by atoms with Crippen LogP contribution in [0.5, 0.6) is 0 Å². The number of carboxylic acid groups (broad SMARTS) is 1. The van der Waals surface area contributed by atoms with E-state index in [4.69, 9.17) is 4.74 Å². The number of carbonyl (C=O) groups is 4. The maximum atomic E-state index is 12.3. The quantitative estimate of drug-likeness (QED) is 0.622. The predicted molar refractivity (Wildman–Crippen MR) is 98.9 cm³/mol. The summed E-state index contributed by atoms with van der Waals surface area (Å²) in [6.07, 6.45) is 2.33. The van der Waals surface area contributed by atoms with E-state index < -0.39 is 24.1 Å². The van der Waals surface area contributed by atoms with Gasteiger partial charge in [0, 0.05) is 19.0 Å². The smallest absolute Gasteiger partial charge is 0.408 e. The third-order valence-electron chi connectivity index (χ3n) is 4.40. The monoisotopic (exact) mass is 400 g/mol. The lowest BCUT2D eigenvalue weighted by molar-refractivity contribution is -0.139. The summed E-state index contributed by atoms with van der Waals surface area (Å²) in [6.45, 7) is 0.00918. The predicted octanol–water partition coefficient (Wildman–Crippen LogP) is 0.724. The molecular formula is C19H20N4O6. The Labute approximate surface area is 165 Å². The molecule has 0 saturated carbocycles. The zero-order valence-electron chi connectivity index (χ0n) is 15.4. The number of aromatic nitrogens is 2. The molecule has 2 amide bonds. The van der Waals surface area contributed by atoms with Crippen molar-refractivity contribution in [3.8, 4) is 0 Å². The van der Waals surface area contributed by atoms with Crippen molar-refractivity contribution in [1.29, 1.82) is 0 Å². The third kappa shape index (κ3) is 5.41. The molecular weight excluding hydrogens is 380 g/mol. The Kier molecular flexibility index (Phi) is 6.22. The van der Waals surface area contributed by atoms with Crippen LogP contribution in [0.2, 0.25) is 0 Å². The maximum Gasteiger partial charge on any atom is 0.408 e. The first-order valence-corrected chi connectivity index (χ1v) is 8.99. The van der Waals surface area contributed by atoms with E-state index in [0.717, 1.165) is 5.56 Å². The van der Waals surface area contributed by atoms with Gasteiger partial charge in [-0.3, -0.25) is 14.2 Å². The fourth-order valence-corrected chi connectivity index (χ4v) is 2.89. The highest BCUT2D eigenvalue weighted by Gasteiger charge is 2.29. The van der Waals surface area contributed by atoms with Crippen molar-refractivity contribution >= 4 is 23.9 Å². The van der Waals surface area contributed by atoms with Gasteiger partial charge in [-0.1, -0.05) is 30.3 Å². The molecule has 1 aliphatic heterocycles. The zero-order valence-corrected chi connectivity index (χ0v) is 15.4. The molecule has 0 aliphatic carbocycles. The highest BCUT2D eigenvalue weighted by Crippen LogP contribution is 2.10. The molecule has 2 heterocycles. The van der Waals surface area contributed by atoms with Crippen molar-refractivity contribution in [3.63, 3.8) is 0 Å². The lowest BCUT2D eigenvalue weighted by Crippen LogP contribution is -2.42. The van der Waals surface area contributed by atoms with Crippen molar-refractivity contribution in [2.24, 2.45) is 0 Å². The molecule has 29 heavy (non-hydrogen) atoms. The molecule has 1 aromatic carbocycles. The number of imidazole rings is 1. The molecule has 0 unspecified atom stereocenters. The maximum absolute atomic E-state index is 12.3. The second-order valence-electron chi connectivity index (χ2n) is 6.57. The lowest BCUT2D eigenvalue weighted by Gasteiger charge is -2.13. The molecule has 2 aromatic rings. The minimum Gasteiger partial charge on any atom is -0.480 e. The van der Waals surface area contributed by atoms with Crippen LogP contribution in [-0.2, 0) is 27.4 Å². The number of carboxylic acids is 1. The molecule has 2 atom stereocenters.